The third-order valence-electron chi connectivity index (χ3n) is 2.50. The first kappa shape index (κ1) is 13.8. The maximum absolute atomic E-state index is 13.3. The van der Waals surface area contributed by atoms with Gasteiger partial charge in [0.1, 0.15) is 16.5 Å². The SMILES string of the molecule is CCc1nc(-c2cc(F)cc(C(F)(F)F)c2)c(N)s1. The van der Waals surface area contributed by atoms with E-state index in [4.69, 9.17) is 5.73 Å². The Kier molecular flexibility index (Phi) is 3.49. The third-order valence-corrected chi connectivity index (χ3v) is 3.53. The molecule has 0 bridgehead atoms. The second kappa shape index (κ2) is 4.80. The van der Waals surface area contributed by atoms with Gasteiger partial charge in [-0.05, 0) is 24.6 Å². The van der Waals surface area contributed by atoms with Gasteiger partial charge >= 0.3 is 6.18 Å². The second-order valence-corrected chi connectivity index (χ2v) is 5.02. The third kappa shape index (κ3) is 2.86. The topological polar surface area (TPSA) is 38.9 Å². The molecule has 0 saturated heterocycles. The number of hydrogen-bond donors (Lipinski definition) is 1. The van der Waals surface area contributed by atoms with Crippen molar-refractivity contribution < 1.29 is 17.6 Å². The van der Waals surface area contributed by atoms with Gasteiger partial charge in [-0.15, -0.1) is 11.3 Å². The van der Waals surface area contributed by atoms with Crippen LogP contribution in [-0.2, 0) is 12.6 Å². The molecular formula is C12H10F4N2S. The molecule has 0 aliphatic rings. The lowest BCUT2D eigenvalue weighted by molar-refractivity contribution is -0.137. The number of halogens is 4. The van der Waals surface area contributed by atoms with Gasteiger partial charge in [0.05, 0.1) is 10.6 Å². The summed E-state index contributed by atoms with van der Waals surface area (Å²) in [6.45, 7) is 1.86. The number of nitrogens with zero attached hydrogens (tertiary/aromatic N) is 1. The van der Waals surface area contributed by atoms with E-state index < -0.39 is 17.6 Å². The van der Waals surface area contributed by atoms with E-state index in [1.54, 1.807) is 0 Å². The van der Waals surface area contributed by atoms with Crippen molar-refractivity contribution in [2.24, 2.45) is 0 Å². The molecule has 19 heavy (non-hydrogen) atoms. The summed E-state index contributed by atoms with van der Waals surface area (Å²) in [4.78, 5) is 4.12. The molecule has 0 aliphatic carbocycles. The van der Waals surface area contributed by atoms with Crippen molar-refractivity contribution in [3.8, 4) is 11.3 Å². The summed E-state index contributed by atoms with van der Waals surface area (Å²) in [6, 6.07) is 2.31. The van der Waals surface area contributed by atoms with Crippen molar-refractivity contribution in [1.82, 2.24) is 4.98 Å². The van der Waals surface area contributed by atoms with Gasteiger partial charge in [-0.3, -0.25) is 0 Å². The van der Waals surface area contributed by atoms with Crippen molar-refractivity contribution in [1.29, 1.82) is 0 Å². The van der Waals surface area contributed by atoms with E-state index in [0.717, 1.165) is 12.1 Å². The van der Waals surface area contributed by atoms with Crippen molar-refractivity contribution >= 4 is 16.3 Å². The Balaban J connectivity index is 2.56. The number of aromatic nitrogens is 1. The molecule has 0 amide bonds. The van der Waals surface area contributed by atoms with Crippen LogP contribution in [0.5, 0.6) is 0 Å². The summed E-state index contributed by atoms with van der Waals surface area (Å²) < 4.78 is 51.2. The zero-order valence-electron chi connectivity index (χ0n) is 9.88. The molecule has 0 aliphatic heterocycles. The number of hydrogen-bond acceptors (Lipinski definition) is 3. The van der Waals surface area contributed by atoms with Gasteiger partial charge < -0.3 is 5.73 Å². The van der Waals surface area contributed by atoms with Gasteiger partial charge in [0.2, 0.25) is 0 Å². The standard InChI is InChI=1S/C12H10F4N2S/c1-2-9-18-10(11(17)19-9)6-3-7(12(14,15)16)5-8(13)4-6/h3-5H,2,17H2,1H3. The molecule has 0 atom stereocenters. The molecule has 0 unspecified atom stereocenters. The van der Waals surface area contributed by atoms with Crippen LogP contribution < -0.4 is 5.73 Å². The molecule has 0 fully saturated rings. The Morgan fingerprint density at radius 3 is 2.47 bits per heavy atom. The highest BCUT2D eigenvalue weighted by Gasteiger charge is 2.31. The molecule has 2 N–H and O–H groups in total. The average Bonchev–Trinajstić information content (AvgIpc) is 2.68. The van der Waals surface area contributed by atoms with Crippen LogP contribution in [0.4, 0.5) is 22.6 Å². The lowest BCUT2D eigenvalue weighted by Crippen LogP contribution is -2.05. The number of nitrogen functional groups attached to an aromatic ring is 1. The van der Waals surface area contributed by atoms with E-state index in [2.05, 4.69) is 4.98 Å². The van der Waals surface area contributed by atoms with Gasteiger partial charge in [-0.2, -0.15) is 13.2 Å². The predicted molar refractivity (Wildman–Crippen MR) is 66.3 cm³/mol. The number of aryl methyl sites for hydroxylation is 1. The lowest BCUT2D eigenvalue weighted by Gasteiger charge is -2.08. The first-order valence-electron chi connectivity index (χ1n) is 5.44. The van der Waals surface area contributed by atoms with Crippen LogP contribution in [0.1, 0.15) is 17.5 Å². The smallest absolute Gasteiger partial charge is 0.389 e. The first-order chi connectivity index (χ1) is 8.81. The molecule has 1 aromatic heterocycles. The zero-order chi connectivity index (χ0) is 14.2. The van der Waals surface area contributed by atoms with Gasteiger partial charge in [-0.25, -0.2) is 9.37 Å². The van der Waals surface area contributed by atoms with Gasteiger partial charge in [0.25, 0.3) is 0 Å². The maximum atomic E-state index is 13.3. The molecule has 0 radical (unpaired) electrons. The van der Waals surface area contributed by atoms with Crippen LogP contribution in [-0.4, -0.2) is 4.98 Å². The van der Waals surface area contributed by atoms with Crippen molar-refractivity contribution in [3.63, 3.8) is 0 Å². The Bertz CT molecular complexity index is 604. The highest BCUT2D eigenvalue weighted by Crippen LogP contribution is 2.36. The molecule has 102 valence electrons. The predicted octanol–water partition coefficient (Wildman–Crippen LogP) is 4.11. The molecule has 0 saturated carbocycles. The highest BCUT2D eigenvalue weighted by atomic mass is 32.1. The maximum Gasteiger partial charge on any atom is 0.416 e. The van der Waals surface area contributed by atoms with Crippen LogP contribution in [0.25, 0.3) is 11.3 Å². The van der Waals surface area contributed by atoms with Crippen LogP contribution in [0.15, 0.2) is 18.2 Å². The fourth-order valence-corrected chi connectivity index (χ4v) is 2.42. The highest BCUT2D eigenvalue weighted by molar-refractivity contribution is 7.16. The van der Waals surface area contributed by atoms with Gasteiger partial charge in [-0.1, -0.05) is 6.92 Å². The van der Waals surface area contributed by atoms with Crippen molar-refractivity contribution in [2.75, 3.05) is 5.73 Å². The molecule has 0 spiro atoms. The fraction of sp³-hybridized carbons (Fsp3) is 0.250. The number of alkyl halides is 3. The van der Waals surface area contributed by atoms with Crippen LogP contribution >= 0.6 is 11.3 Å². The van der Waals surface area contributed by atoms with E-state index in [-0.39, 0.29) is 16.3 Å². The molecule has 2 rings (SSSR count). The zero-order valence-corrected chi connectivity index (χ0v) is 10.7. The van der Waals surface area contributed by atoms with Gasteiger partial charge in [0, 0.05) is 5.56 Å². The summed E-state index contributed by atoms with van der Waals surface area (Å²) in [5.41, 5.74) is 4.91. The van der Waals surface area contributed by atoms with Crippen LogP contribution in [0.3, 0.4) is 0 Å². The monoisotopic (exact) mass is 290 g/mol. The Labute approximate surface area is 110 Å². The second-order valence-electron chi connectivity index (χ2n) is 3.90. The van der Waals surface area contributed by atoms with Crippen molar-refractivity contribution in [3.05, 3.63) is 34.6 Å². The minimum Gasteiger partial charge on any atom is -0.389 e. The van der Waals surface area contributed by atoms with E-state index in [1.165, 1.54) is 11.3 Å². The normalized spacial score (nSPS) is 11.8. The number of rotatable bonds is 2. The molecule has 2 nitrogen and oxygen atoms in total. The van der Waals surface area contributed by atoms with E-state index in [1.807, 2.05) is 6.92 Å². The quantitative estimate of drug-likeness (QED) is 0.845. The Morgan fingerprint density at radius 2 is 1.95 bits per heavy atom. The lowest BCUT2D eigenvalue weighted by atomic mass is 10.1. The van der Waals surface area contributed by atoms with Crippen molar-refractivity contribution in [2.45, 2.75) is 19.5 Å². The number of benzene rings is 1. The molecule has 7 heteroatoms. The summed E-state index contributed by atoms with van der Waals surface area (Å²) in [6.07, 6.45) is -3.98. The Hall–Kier alpha value is -1.63. The minimum absolute atomic E-state index is 0.0424. The first-order valence-corrected chi connectivity index (χ1v) is 6.26. The minimum atomic E-state index is -4.60. The van der Waals surface area contributed by atoms with E-state index >= 15 is 0 Å². The van der Waals surface area contributed by atoms with Gasteiger partial charge in [0.15, 0.2) is 0 Å². The molecule has 1 aromatic carbocycles. The number of thiazole rings is 1. The summed E-state index contributed by atoms with van der Waals surface area (Å²) >= 11 is 1.19. The molecule has 2 aromatic rings. The fourth-order valence-electron chi connectivity index (χ4n) is 1.63. The van der Waals surface area contributed by atoms with E-state index in [9.17, 15) is 17.6 Å². The largest absolute Gasteiger partial charge is 0.416 e. The summed E-state index contributed by atoms with van der Waals surface area (Å²) in [5.74, 6) is -0.963. The molecular weight excluding hydrogens is 280 g/mol. The summed E-state index contributed by atoms with van der Waals surface area (Å²) in [5, 5.41) is 0.987. The molecule has 1 heterocycles. The van der Waals surface area contributed by atoms with E-state index in [0.29, 0.717) is 17.5 Å². The average molecular weight is 290 g/mol. The van der Waals surface area contributed by atoms with Crippen LogP contribution in [0, 0.1) is 5.82 Å². The Morgan fingerprint density at radius 1 is 1.26 bits per heavy atom. The summed E-state index contributed by atoms with van der Waals surface area (Å²) in [7, 11) is 0. The number of nitrogens with two attached hydrogens (primary N) is 1. The van der Waals surface area contributed by atoms with Crippen LogP contribution in [0.2, 0.25) is 0 Å². The number of anilines is 1.